The van der Waals surface area contributed by atoms with Gasteiger partial charge in [0.2, 0.25) is 5.91 Å². The van der Waals surface area contributed by atoms with Crippen molar-refractivity contribution >= 4 is 17.5 Å². The van der Waals surface area contributed by atoms with E-state index < -0.39 is 23.8 Å². The van der Waals surface area contributed by atoms with Gasteiger partial charge in [-0.15, -0.1) is 0 Å². The van der Waals surface area contributed by atoms with Gasteiger partial charge in [-0.1, -0.05) is 12.1 Å². The Bertz CT molecular complexity index is 616. The summed E-state index contributed by atoms with van der Waals surface area (Å²) in [7, 11) is 0. The molecule has 0 radical (unpaired) electrons. The van der Waals surface area contributed by atoms with Crippen molar-refractivity contribution in [2.75, 3.05) is 38.1 Å². The fourth-order valence-corrected chi connectivity index (χ4v) is 2.48. The largest absolute Gasteiger partial charge is 0.418 e. The molecule has 138 valence electrons. The summed E-state index contributed by atoms with van der Waals surface area (Å²) in [6.45, 7) is 2.96. The number of hydrogen-bond acceptors (Lipinski definition) is 4. The molecule has 1 aliphatic rings. The average molecular weight is 359 g/mol. The smallest absolute Gasteiger partial charge is 0.366 e. The molecule has 2 N–H and O–H groups in total. The Labute approximate surface area is 143 Å². The van der Waals surface area contributed by atoms with Crippen molar-refractivity contribution in [3.05, 3.63) is 29.8 Å². The molecule has 0 bridgehead atoms. The summed E-state index contributed by atoms with van der Waals surface area (Å²) in [6.07, 6.45) is -5.27. The molecule has 2 rings (SSSR count). The van der Waals surface area contributed by atoms with Gasteiger partial charge in [0.15, 0.2) is 0 Å². The number of anilines is 1. The van der Waals surface area contributed by atoms with Gasteiger partial charge in [-0.05, 0) is 19.1 Å². The lowest BCUT2D eigenvalue weighted by atomic mass is 10.1. The van der Waals surface area contributed by atoms with E-state index in [0.717, 1.165) is 6.07 Å². The van der Waals surface area contributed by atoms with Crippen LogP contribution in [0.3, 0.4) is 0 Å². The van der Waals surface area contributed by atoms with Crippen LogP contribution in [0.15, 0.2) is 24.3 Å². The van der Waals surface area contributed by atoms with E-state index in [2.05, 4.69) is 10.6 Å². The Hall–Kier alpha value is -2.13. The lowest BCUT2D eigenvalue weighted by Crippen LogP contribution is -2.51. The van der Waals surface area contributed by atoms with Crippen LogP contribution in [-0.4, -0.2) is 55.6 Å². The molecular formula is C16H20F3N3O3. The van der Waals surface area contributed by atoms with Crippen molar-refractivity contribution in [3.8, 4) is 0 Å². The van der Waals surface area contributed by atoms with E-state index in [1.165, 1.54) is 23.1 Å². The van der Waals surface area contributed by atoms with Gasteiger partial charge in [0.25, 0.3) is 5.91 Å². The first kappa shape index (κ1) is 19.2. The number of rotatable bonds is 5. The molecule has 0 aromatic heterocycles. The molecule has 1 aromatic carbocycles. The Kier molecular flexibility index (Phi) is 6.38. The summed E-state index contributed by atoms with van der Waals surface area (Å²) in [6, 6.07) is 4.70. The molecule has 0 aliphatic carbocycles. The van der Waals surface area contributed by atoms with Crippen LogP contribution >= 0.6 is 0 Å². The minimum Gasteiger partial charge on any atom is -0.366 e. The molecule has 1 fully saturated rings. The third-order valence-electron chi connectivity index (χ3n) is 3.74. The topological polar surface area (TPSA) is 70.7 Å². The molecule has 1 aliphatic heterocycles. The highest BCUT2D eigenvalue weighted by Crippen LogP contribution is 2.34. The first-order valence-corrected chi connectivity index (χ1v) is 7.90. The van der Waals surface area contributed by atoms with Gasteiger partial charge in [0, 0.05) is 19.6 Å². The zero-order chi connectivity index (χ0) is 18.4. The van der Waals surface area contributed by atoms with Gasteiger partial charge in [0.1, 0.15) is 6.10 Å². The van der Waals surface area contributed by atoms with Crippen LogP contribution in [0, 0.1) is 0 Å². The Balaban J connectivity index is 2.02. The minimum absolute atomic E-state index is 0.243. The third-order valence-corrected chi connectivity index (χ3v) is 3.74. The van der Waals surface area contributed by atoms with Crippen LogP contribution in [0.4, 0.5) is 18.9 Å². The van der Waals surface area contributed by atoms with Crippen LogP contribution in [0.1, 0.15) is 12.5 Å². The summed E-state index contributed by atoms with van der Waals surface area (Å²) in [5.74, 6) is -1.07. The van der Waals surface area contributed by atoms with Crippen molar-refractivity contribution in [1.29, 1.82) is 0 Å². The van der Waals surface area contributed by atoms with Gasteiger partial charge >= 0.3 is 6.18 Å². The number of nitrogens with zero attached hydrogens (tertiary/aromatic N) is 1. The molecule has 1 atom stereocenters. The zero-order valence-electron chi connectivity index (χ0n) is 13.7. The molecule has 1 unspecified atom stereocenters. The number of carbonyl (C=O) groups excluding carboxylic acids is 2. The monoisotopic (exact) mass is 359 g/mol. The number of amides is 2. The van der Waals surface area contributed by atoms with Crippen LogP contribution in [-0.2, 0) is 20.5 Å². The van der Waals surface area contributed by atoms with E-state index in [0.29, 0.717) is 19.7 Å². The molecule has 2 amide bonds. The molecule has 1 saturated heterocycles. The maximum atomic E-state index is 13.0. The maximum absolute atomic E-state index is 13.0. The minimum atomic E-state index is -4.58. The molecule has 1 heterocycles. The van der Waals surface area contributed by atoms with E-state index in [4.69, 9.17) is 4.74 Å². The molecular weight excluding hydrogens is 339 g/mol. The summed E-state index contributed by atoms with van der Waals surface area (Å²) < 4.78 is 44.2. The molecule has 9 heteroatoms. The Morgan fingerprint density at radius 2 is 2.08 bits per heavy atom. The van der Waals surface area contributed by atoms with Crippen molar-refractivity contribution in [2.45, 2.75) is 19.2 Å². The average Bonchev–Trinajstić information content (AvgIpc) is 2.59. The highest BCUT2D eigenvalue weighted by Gasteiger charge is 2.34. The number of nitrogens with one attached hydrogen (secondary N) is 2. The van der Waals surface area contributed by atoms with Crippen molar-refractivity contribution < 1.29 is 27.5 Å². The van der Waals surface area contributed by atoms with Gasteiger partial charge < -0.3 is 20.3 Å². The van der Waals surface area contributed by atoms with Gasteiger partial charge in [-0.2, -0.15) is 13.2 Å². The van der Waals surface area contributed by atoms with E-state index in [9.17, 15) is 22.8 Å². The number of carbonyl (C=O) groups is 2. The first-order chi connectivity index (χ1) is 11.8. The second kappa shape index (κ2) is 8.30. The standard InChI is InChI=1S/C16H20F3N3O3/c1-2-22(15(24)13-9-20-7-8-25-13)10-14(23)21-12-6-4-3-5-11(12)16(17,18)19/h3-6,13,20H,2,7-10H2,1H3,(H,21,23). The number of para-hydroxylation sites is 1. The van der Waals surface area contributed by atoms with Gasteiger partial charge in [-0.3, -0.25) is 9.59 Å². The number of alkyl halides is 3. The Morgan fingerprint density at radius 3 is 2.68 bits per heavy atom. The predicted molar refractivity (Wildman–Crippen MR) is 84.9 cm³/mol. The number of ether oxygens (including phenoxy) is 1. The third kappa shape index (κ3) is 5.17. The lowest BCUT2D eigenvalue weighted by molar-refractivity contribution is -0.146. The molecule has 0 saturated carbocycles. The zero-order valence-corrected chi connectivity index (χ0v) is 13.7. The number of hydrogen-bond donors (Lipinski definition) is 2. The molecule has 1 aromatic rings. The number of benzene rings is 1. The number of halogens is 3. The van der Waals surface area contributed by atoms with Gasteiger partial charge in [0.05, 0.1) is 24.4 Å². The quantitative estimate of drug-likeness (QED) is 0.836. The van der Waals surface area contributed by atoms with Crippen LogP contribution in [0.2, 0.25) is 0 Å². The SMILES string of the molecule is CCN(CC(=O)Nc1ccccc1C(F)(F)F)C(=O)C1CNCCO1. The summed E-state index contributed by atoms with van der Waals surface area (Å²) in [5.41, 5.74) is -1.27. The first-order valence-electron chi connectivity index (χ1n) is 7.90. The number of likely N-dealkylation sites (N-methyl/N-ethyl adjacent to an activating group) is 1. The molecule has 0 spiro atoms. The van der Waals surface area contributed by atoms with Crippen LogP contribution in [0.5, 0.6) is 0 Å². The van der Waals surface area contributed by atoms with Crippen LogP contribution < -0.4 is 10.6 Å². The van der Waals surface area contributed by atoms with E-state index in [1.54, 1.807) is 6.92 Å². The maximum Gasteiger partial charge on any atom is 0.418 e. The second-order valence-corrected chi connectivity index (χ2v) is 5.51. The van der Waals surface area contributed by atoms with E-state index in [-0.39, 0.29) is 24.7 Å². The summed E-state index contributed by atoms with van der Waals surface area (Å²) in [4.78, 5) is 25.7. The lowest BCUT2D eigenvalue weighted by Gasteiger charge is -2.28. The van der Waals surface area contributed by atoms with Gasteiger partial charge in [-0.25, -0.2) is 0 Å². The normalized spacial score (nSPS) is 17.8. The Morgan fingerprint density at radius 1 is 1.36 bits per heavy atom. The van der Waals surface area contributed by atoms with E-state index in [1.807, 2.05) is 0 Å². The predicted octanol–water partition coefficient (Wildman–Crippen LogP) is 1.48. The summed E-state index contributed by atoms with van der Waals surface area (Å²) >= 11 is 0. The highest BCUT2D eigenvalue weighted by molar-refractivity contribution is 5.95. The number of morpholine rings is 1. The van der Waals surface area contributed by atoms with Crippen LogP contribution in [0.25, 0.3) is 0 Å². The van der Waals surface area contributed by atoms with E-state index >= 15 is 0 Å². The highest BCUT2D eigenvalue weighted by atomic mass is 19.4. The fraction of sp³-hybridized carbons (Fsp3) is 0.500. The summed E-state index contributed by atoms with van der Waals surface area (Å²) in [5, 5.41) is 5.24. The van der Waals surface area contributed by atoms with Crippen molar-refractivity contribution in [1.82, 2.24) is 10.2 Å². The van der Waals surface area contributed by atoms with Crippen molar-refractivity contribution in [2.24, 2.45) is 0 Å². The second-order valence-electron chi connectivity index (χ2n) is 5.51. The molecule has 6 nitrogen and oxygen atoms in total. The van der Waals surface area contributed by atoms with Crippen molar-refractivity contribution in [3.63, 3.8) is 0 Å². The fourth-order valence-electron chi connectivity index (χ4n) is 2.48. The molecule has 25 heavy (non-hydrogen) atoms.